The topological polar surface area (TPSA) is 132 Å². The fourth-order valence-electron chi connectivity index (χ4n) is 3.43. The van der Waals surface area contributed by atoms with Gasteiger partial charge in [-0.1, -0.05) is 18.2 Å². The number of benzene rings is 1. The number of imidazole rings is 1. The number of nitrogens with one attached hydrogen (secondary N) is 4. The molecule has 1 aromatic carbocycles. The van der Waals surface area contributed by atoms with Crippen molar-refractivity contribution in [1.29, 1.82) is 5.41 Å². The predicted molar refractivity (Wildman–Crippen MR) is 125 cm³/mol. The fourth-order valence-corrected chi connectivity index (χ4v) is 3.43. The van der Waals surface area contributed by atoms with Crippen LogP contribution in [0.1, 0.15) is 43.7 Å². The summed E-state index contributed by atoms with van der Waals surface area (Å²) in [5.41, 5.74) is 3.82. The fraction of sp³-hybridized carbons (Fsp3) is 0.261. The monoisotopic (exact) mass is 431 g/mol. The van der Waals surface area contributed by atoms with Gasteiger partial charge in [-0.15, -0.1) is 0 Å². The molecule has 0 atom stereocenters. The van der Waals surface area contributed by atoms with Gasteiger partial charge in [0.2, 0.25) is 0 Å². The summed E-state index contributed by atoms with van der Waals surface area (Å²) < 4.78 is 1.67. The SMILES string of the molecule is CC(C)Nc1ccccc1C=N.O=c1[nH]cc(-c2cc(C3CC3)c3nccn3n2)c(=O)[nH]1. The van der Waals surface area contributed by atoms with Crippen molar-refractivity contribution in [2.45, 2.75) is 38.6 Å². The van der Waals surface area contributed by atoms with Crippen molar-refractivity contribution < 1.29 is 0 Å². The van der Waals surface area contributed by atoms with Crippen molar-refractivity contribution in [2.75, 3.05) is 5.32 Å². The number of fused-ring (bicyclic) bond motifs is 1. The molecule has 3 heterocycles. The highest BCUT2D eigenvalue weighted by atomic mass is 16.2. The molecule has 0 unspecified atom stereocenters. The Kier molecular flexibility index (Phi) is 5.98. The molecule has 9 nitrogen and oxygen atoms in total. The molecular weight excluding hydrogens is 406 g/mol. The van der Waals surface area contributed by atoms with Crippen LogP contribution in [0.15, 0.2) is 58.5 Å². The highest BCUT2D eigenvalue weighted by Gasteiger charge is 2.27. The number of hydrogen-bond donors (Lipinski definition) is 4. The minimum absolute atomic E-state index is 0.349. The molecule has 1 aliphatic carbocycles. The highest BCUT2D eigenvalue weighted by molar-refractivity contribution is 5.85. The van der Waals surface area contributed by atoms with Crippen LogP contribution in [0.3, 0.4) is 0 Å². The molecule has 4 N–H and O–H groups in total. The number of rotatable bonds is 5. The Balaban J connectivity index is 0.000000176. The summed E-state index contributed by atoms with van der Waals surface area (Å²) >= 11 is 0. The van der Waals surface area contributed by atoms with Crippen LogP contribution in [-0.2, 0) is 0 Å². The van der Waals surface area contributed by atoms with Gasteiger partial charge in [-0.05, 0) is 44.7 Å². The second kappa shape index (κ2) is 9.01. The van der Waals surface area contributed by atoms with Crippen LogP contribution < -0.4 is 16.6 Å². The maximum absolute atomic E-state index is 11.9. The second-order valence-corrected chi connectivity index (χ2v) is 7.97. The normalized spacial score (nSPS) is 13.0. The van der Waals surface area contributed by atoms with E-state index in [-0.39, 0.29) is 0 Å². The molecule has 32 heavy (non-hydrogen) atoms. The second-order valence-electron chi connectivity index (χ2n) is 7.97. The van der Waals surface area contributed by atoms with E-state index in [0.717, 1.165) is 35.3 Å². The summed E-state index contributed by atoms with van der Waals surface area (Å²) in [6.07, 6.45) is 8.47. The van der Waals surface area contributed by atoms with Gasteiger partial charge in [-0.25, -0.2) is 14.3 Å². The Morgan fingerprint density at radius 3 is 2.72 bits per heavy atom. The van der Waals surface area contributed by atoms with E-state index in [0.29, 0.717) is 23.2 Å². The van der Waals surface area contributed by atoms with Gasteiger partial charge < -0.3 is 15.7 Å². The predicted octanol–water partition coefficient (Wildman–Crippen LogP) is 3.15. The molecule has 0 aliphatic heterocycles. The number of H-pyrrole nitrogens is 2. The van der Waals surface area contributed by atoms with Gasteiger partial charge in [-0.3, -0.25) is 9.78 Å². The molecule has 9 heteroatoms. The molecule has 1 fully saturated rings. The van der Waals surface area contributed by atoms with Crippen LogP contribution in [0.2, 0.25) is 0 Å². The molecule has 0 saturated heterocycles. The first-order valence-corrected chi connectivity index (χ1v) is 10.5. The summed E-state index contributed by atoms with van der Waals surface area (Å²) in [6.45, 7) is 4.17. The van der Waals surface area contributed by atoms with Crippen molar-refractivity contribution in [1.82, 2.24) is 24.6 Å². The molecule has 0 spiro atoms. The standard InChI is InChI=1S/C13H11N5O2.C10H14N2/c19-12-9(6-15-13(20)16-12)10-5-8(7-1-2-7)11-14-3-4-18(11)17-10;1-8(2)12-10-6-4-3-5-9(10)7-11/h3-7H,1-2H2,(H2,15,16,19,20);3-8,11-12H,1-2H3. The number of hydrogen-bond acceptors (Lipinski definition) is 6. The lowest BCUT2D eigenvalue weighted by molar-refractivity contribution is 0.899. The smallest absolute Gasteiger partial charge is 0.325 e. The maximum Gasteiger partial charge on any atom is 0.325 e. The number of para-hydroxylation sites is 1. The van der Waals surface area contributed by atoms with Gasteiger partial charge >= 0.3 is 5.69 Å². The molecule has 5 rings (SSSR count). The summed E-state index contributed by atoms with van der Waals surface area (Å²) in [5.74, 6) is 0.489. The van der Waals surface area contributed by atoms with E-state index >= 15 is 0 Å². The Morgan fingerprint density at radius 1 is 1.25 bits per heavy atom. The van der Waals surface area contributed by atoms with Crippen molar-refractivity contribution in [3.63, 3.8) is 0 Å². The van der Waals surface area contributed by atoms with Gasteiger partial charge in [0.05, 0.1) is 11.3 Å². The van der Waals surface area contributed by atoms with Gasteiger partial charge in [0, 0.05) is 47.7 Å². The van der Waals surface area contributed by atoms with E-state index in [1.807, 2.05) is 30.3 Å². The van der Waals surface area contributed by atoms with Crippen molar-refractivity contribution in [3.05, 3.63) is 80.9 Å². The Bertz CT molecular complexity index is 1360. The quantitative estimate of drug-likeness (QED) is 0.360. The number of aromatic nitrogens is 5. The molecule has 0 bridgehead atoms. The first-order chi connectivity index (χ1) is 15.5. The highest BCUT2D eigenvalue weighted by Crippen LogP contribution is 2.42. The van der Waals surface area contributed by atoms with Crippen LogP contribution in [0.5, 0.6) is 0 Å². The summed E-state index contributed by atoms with van der Waals surface area (Å²) in [4.78, 5) is 31.9. The van der Waals surface area contributed by atoms with Gasteiger partial charge in [-0.2, -0.15) is 5.10 Å². The minimum Gasteiger partial charge on any atom is -0.382 e. The lowest BCUT2D eigenvalue weighted by Gasteiger charge is -2.11. The minimum atomic E-state index is -0.523. The van der Waals surface area contributed by atoms with E-state index in [2.05, 4.69) is 39.2 Å². The zero-order chi connectivity index (χ0) is 22.7. The maximum atomic E-state index is 11.9. The molecule has 0 radical (unpaired) electrons. The Morgan fingerprint density at radius 2 is 2.03 bits per heavy atom. The van der Waals surface area contributed by atoms with Crippen LogP contribution >= 0.6 is 0 Å². The first-order valence-electron chi connectivity index (χ1n) is 10.5. The Hall–Kier alpha value is -4.01. The molecule has 3 aromatic heterocycles. The van der Waals surface area contributed by atoms with Crippen LogP contribution in [0.4, 0.5) is 5.69 Å². The third kappa shape index (κ3) is 4.66. The molecule has 0 amide bonds. The Labute approximate surface area is 184 Å². The zero-order valence-corrected chi connectivity index (χ0v) is 17.9. The third-order valence-corrected chi connectivity index (χ3v) is 5.06. The first kappa shape index (κ1) is 21.2. The van der Waals surface area contributed by atoms with Crippen LogP contribution in [-0.4, -0.2) is 36.8 Å². The van der Waals surface area contributed by atoms with Crippen molar-refractivity contribution in [2.24, 2.45) is 0 Å². The molecule has 164 valence electrons. The van der Waals surface area contributed by atoms with Gasteiger partial charge in [0.25, 0.3) is 5.56 Å². The average molecular weight is 432 g/mol. The van der Waals surface area contributed by atoms with E-state index in [4.69, 9.17) is 5.41 Å². The average Bonchev–Trinajstić information content (AvgIpc) is 3.50. The van der Waals surface area contributed by atoms with E-state index < -0.39 is 11.2 Å². The third-order valence-electron chi connectivity index (χ3n) is 5.06. The largest absolute Gasteiger partial charge is 0.382 e. The van der Waals surface area contributed by atoms with Crippen molar-refractivity contribution in [3.8, 4) is 11.3 Å². The lowest BCUT2D eigenvalue weighted by Crippen LogP contribution is -2.23. The van der Waals surface area contributed by atoms with E-state index in [1.54, 1.807) is 16.9 Å². The van der Waals surface area contributed by atoms with Crippen LogP contribution in [0, 0.1) is 5.41 Å². The van der Waals surface area contributed by atoms with E-state index in [1.165, 1.54) is 12.4 Å². The lowest BCUT2D eigenvalue weighted by atomic mass is 10.1. The van der Waals surface area contributed by atoms with Crippen LogP contribution in [0.25, 0.3) is 16.9 Å². The summed E-state index contributed by atoms with van der Waals surface area (Å²) in [5, 5.41) is 14.8. The number of anilines is 1. The number of nitrogens with zero attached hydrogens (tertiary/aromatic N) is 3. The molecule has 1 saturated carbocycles. The molecular formula is C23H25N7O2. The number of aromatic amines is 2. The molecule has 1 aliphatic rings. The zero-order valence-electron chi connectivity index (χ0n) is 17.9. The molecule has 4 aromatic rings. The summed E-state index contributed by atoms with van der Waals surface area (Å²) in [7, 11) is 0. The van der Waals surface area contributed by atoms with E-state index in [9.17, 15) is 9.59 Å². The summed E-state index contributed by atoms with van der Waals surface area (Å²) in [6, 6.07) is 10.1. The van der Waals surface area contributed by atoms with Crippen molar-refractivity contribution >= 4 is 17.5 Å². The van der Waals surface area contributed by atoms with Gasteiger partial charge in [0.15, 0.2) is 5.65 Å². The van der Waals surface area contributed by atoms with Gasteiger partial charge in [0.1, 0.15) is 0 Å².